The Hall–Kier alpha value is -6.09. The van der Waals surface area contributed by atoms with Gasteiger partial charge in [0.15, 0.2) is 11.5 Å². The number of phenolic OH excluding ortho intramolecular Hbond substituents is 3. The predicted octanol–water partition coefficient (Wildman–Crippen LogP) is 8.18. The molecule has 8 aromatic carbocycles. The second kappa shape index (κ2) is 15.2. The summed E-state index contributed by atoms with van der Waals surface area (Å²) >= 11 is 0. The highest BCUT2D eigenvalue weighted by Gasteiger charge is 2.47. The maximum Gasteiger partial charge on any atom is 0.158 e. The third kappa shape index (κ3) is 7.26. The first-order valence-corrected chi connectivity index (χ1v) is 17.7. The minimum atomic E-state index is -1.91. The molecule has 0 fully saturated rings. The molecular weight excluding hydrogens is 623 g/mol. The summed E-state index contributed by atoms with van der Waals surface area (Å²) in [5, 5.41) is 47.6. The second-order valence-electron chi connectivity index (χ2n) is 11.4. The topological polar surface area (TPSA) is 83.8 Å². The van der Waals surface area contributed by atoms with Crippen LogP contribution in [0.5, 0.6) is 23.0 Å². The van der Waals surface area contributed by atoms with Crippen molar-refractivity contribution < 1.29 is 20.4 Å². The van der Waals surface area contributed by atoms with Crippen LogP contribution in [0.2, 0.25) is 0 Å². The van der Waals surface area contributed by atoms with Gasteiger partial charge in [-0.15, -0.1) is 0 Å². The summed E-state index contributed by atoms with van der Waals surface area (Å²) < 4.78 is 0. The first-order chi connectivity index (χ1) is 24.0. The molecule has 0 aliphatic carbocycles. The molecule has 0 amide bonds. The number of benzene rings is 8. The van der Waals surface area contributed by atoms with Crippen LogP contribution < -0.4 is 26.3 Å². The number of hydrogen-bond acceptors (Lipinski definition) is 4. The first-order valence-electron chi connectivity index (χ1n) is 15.9. The highest BCUT2D eigenvalue weighted by molar-refractivity contribution is 8.01. The highest BCUT2D eigenvalue weighted by atomic mass is 31.2. The Balaban J connectivity index is 0.000000144. The van der Waals surface area contributed by atoms with Crippen LogP contribution in [0, 0.1) is 0 Å². The molecule has 49 heavy (non-hydrogen) atoms. The summed E-state index contributed by atoms with van der Waals surface area (Å²) in [5.41, 5.74) is 0. The van der Waals surface area contributed by atoms with E-state index in [1.807, 2.05) is 48.5 Å². The zero-order valence-corrected chi connectivity index (χ0v) is 27.6. The summed E-state index contributed by atoms with van der Waals surface area (Å²) in [6, 6.07) is 64.8. The molecule has 4 nitrogen and oxygen atoms in total. The van der Waals surface area contributed by atoms with Crippen molar-refractivity contribution in [3.63, 3.8) is 0 Å². The van der Waals surface area contributed by atoms with Gasteiger partial charge in [-0.05, 0) is 88.3 Å². The molecule has 3 N–H and O–H groups in total. The zero-order chi connectivity index (χ0) is 34.1. The molecule has 5 heteroatoms. The summed E-state index contributed by atoms with van der Waals surface area (Å²) in [4.78, 5) is 0. The number of rotatable bonds is 4. The molecule has 0 saturated heterocycles. The Morgan fingerprint density at radius 3 is 0.857 bits per heavy atom. The van der Waals surface area contributed by atoms with Crippen LogP contribution >= 0.6 is 7.26 Å². The van der Waals surface area contributed by atoms with Gasteiger partial charge in [0.2, 0.25) is 0 Å². The smallest absolute Gasteiger partial charge is 0.158 e. The predicted molar refractivity (Wildman–Crippen MR) is 204 cm³/mol. The van der Waals surface area contributed by atoms with Gasteiger partial charge in [0.25, 0.3) is 0 Å². The minimum absolute atomic E-state index is 0.0753. The van der Waals surface area contributed by atoms with Crippen molar-refractivity contribution in [3.05, 3.63) is 194 Å². The van der Waals surface area contributed by atoms with E-state index in [9.17, 15) is 5.11 Å². The van der Waals surface area contributed by atoms with E-state index in [0.717, 1.165) is 21.5 Å². The van der Waals surface area contributed by atoms with E-state index in [4.69, 9.17) is 15.3 Å². The van der Waals surface area contributed by atoms with Crippen molar-refractivity contribution >= 4 is 50.0 Å². The Kier molecular flexibility index (Phi) is 10.2. The summed E-state index contributed by atoms with van der Waals surface area (Å²) in [7, 11) is -1.91. The summed E-state index contributed by atoms with van der Waals surface area (Å²) in [6.45, 7) is 0. The number of aromatic hydroxyl groups is 3. The van der Waals surface area contributed by atoms with Crippen LogP contribution in [0.25, 0.3) is 21.5 Å². The standard InChI is InChI=1S/C24H20P.2C10H8O2/c1-5-13-21(14-6-1)25(22-15-7-2-8-16-22,23-17-9-3-10-18-23)24-19-11-4-12-20-24;2*11-9-5-7-3-1-2-4-8(7)6-10(9)12/h1-20H;2*1-6,11-12H/q+1;;/p-1. The zero-order valence-electron chi connectivity index (χ0n) is 26.7. The van der Waals surface area contributed by atoms with Gasteiger partial charge < -0.3 is 20.4 Å². The third-order valence-electron chi connectivity index (χ3n) is 8.24. The van der Waals surface area contributed by atoms with Crippen molar-refractivity contribution in [3.8, 4) is 23.0 Å². The minimum Gasteiger partial charge on any atom is -0.870 e. The van der Waals surface area contributed by atoms with Gasteiger partial charge in [-0.25, -0.2) is 0 Å². The van der Waals surface area contributed by atoms with Crippen LogP contribution in [0.15, 0.2) is 194 Å². The largest absolute Gasteiger partial charge is 0.870 e. The molecule has 0 aromatic heterocycles. The molecule has 0 aliphatic rings. The van der Waals surface area contributed by atoms with Crippen molar-refractivity contribution in [1.29, 1.82) is 0 Å². The summed E-state index contributed by atoms with van der Waals surface area (Å²) in [6.07, 6.45) is 0. The SMILES string of the molecule is Oc1cc2ccccc2cc1O.[O-]c1cc2ccccc2cc1O.c1ccc([P+](c2ccccc2)(c2ccccc2)c2ccccc2)cc1. The van der Waals surface area contributed by atoms with Gasteiger partial charge in [-0.2, -0.15) is 0 Å². The molecule has 0 heterocycles. The van der Waals surface area contributed by atoms with E-state index in [0.29, 0.717) is 0 Å². The lowest BCUT2D eigenvalue weighted by molar-refractivity contribution is -0.270. The fourth-order valence-corrected chi connectivity index (χ4v) is 10.2. The molecule has 0 spiro atoms. The number of phenols is 3. The quantitative estimate of drug-likeness (QED) is 0.132. The average Bonchev–Trinajstić information content (AvgIpc) is 3.15. The molecule has 0 unspecified atom stereocenters. The molecule has 0 bridgehead atoms. The van der Waals surface area contributed by atoms with E-state index in [2.05, 4.69) is 121 Å². The Morgan fingerprint density at radius 1 is 0.306 bits per heavy atom. The average molecular weight is 659 g/mol. The van der Waals surface area contributed by atoms with E-state index >= 15 is 0 Å². The Bertz CT molecular complexity index is 1930. The molecule has 0 atom stereocenters. The van der Waals surface area contributed by atoms with Crippen LogP contribution in [-0.4, -0.2) is 15.3 Å². The molecular formula is C44H35O4P. The van der Waals surface area contributed by atoms with Gasteiger partial charge >= 0.3 is 0 Å². The third-order valence-corrected chi connectivity index (χ3v) is 12.5. The Labute approximate surface area is 286 Å². The van der Waals surface area contributed by atoms with Crippen LogP contribution in [-0.2, 0) is 0 Å². The fourth-order valence-electron chi connectivity index (χ4n) is 5.92. The van der Waals surface area contributed by atoms with Crippen LogP contribution in [0.4, 0.5) is 0 Å². The van der Waals surface area contributed by atoms with Gasteiger partial charge in [0, 0.05) is 0 Å². The van der Waals surface area contributed by atoms with E-state index in [1.165, 1.54) is 33.4 Å². The van der Waals surface area contributed by atoms with Gasteiger partial charge in [0.1, 0.15) is 34.2 Å². The van der Waals surface area contributed by atoms with Gasteiger partial charge in [0.05, 0.1) is 0 Å². The molecule has 0 saturated carbocycles. The summed E-state index contributed by atoms with van der Waals surface area (Å²) in [5.74, 6) is -0.662. The van der Waals surface area contributed by atoms with E-state index in [-0.39, 0.29) is 23.0 Å². The lowest BCUT2D eigenvalue weighted by Crippen LogP contribution is -2.38. The first kappa shape index (κ1) is 32.8. The van der Waals surface area contributed by atoms with Crippen LogP contribution in [0.1, 0.15) is 0 Å². The van der Waals surface area contributed by atoms with E-state index in [1.54, 1.807) is 12.1 Å². The van der Waals surface area contributed by atoms with Gasteiger partial charge in [-0.3, -0.25) is 0 Å². The van der Waals surface area contributed by atoms with Crippen LogP contribution in [0.3, 0.4) is 0 Å². The molecule has 240 valence electrons. The lowest BCUT2D eigenvalue weighted by atomic mass is 10.1. The second-order valence-corrected chi connectivity index (χ2v) is 14.8. The molecule has 8 rings (SSSR count). The molecule has 0 aliphatic heterocycles. The van der Waals surface area contributed by atoms with Crippen molar-refractivity contribution in [2.45, 2.75) is 0 Å². The van der Waals surface area contributed by atoms with Crippen molar-refractivity contribution in [2.75, 3.05) is 0 Å². The molecule has 8 aromatic rings. The normalized spacial score (nSPS) is 10.8. The monoisotopic (exact) mass is 658 g/mol. The maximum absolute atomic E-state index is 11.0. The van der Waals surface area contributed by atoms with Gasteiger partial charge in [-0.1, -0.05) is 133 Å². The number of fused-ring (bicyclic) bond motifs is 2. The lowest BCUT2D eigenvalue weighted by Gasteiger charge is -2.27. The fraction of sp³-hybridized carbons (Fsp3) is 0. The highest BCUT2D eigenvalue weighted by Crippen LogP contribution is 2.54. The molecule has 0 radical (unpaired) electrons. The van der Waals surface area contributed by atoms with Crippen molar-refractivity contribution in [2.24, 2.45) is 0 Å². The van der Waals surface area contributed by atoms with Crippen molar-refractivity contribution in [1.82, 2.24) is 0 Å². The number of hydrogen-bond donors (Lipinski definition) is 3. The maximum atomic E-state index is 11.0. The Morgan fingerprint density at radius 2 is 0.551 bits per heavy atom. The van der Waals surface area contributed by atoms with E-state index < -0.39 is 7.26 Å².